The summed E-state index contributed by atoms with van der Waals surface area (Å²) in [5.41, 5.74) is 2.25. The molecule has 0 aliphatic carbocycles. The van der Waals surface area contributed by atoms with E-state index >= 15 is 0 Å². The van der Waals surface area contributed by atoms with Crippen LogP contribution >= 0.6 is 11.3 Å². The zero-order chi connectivity index (χ0) is 11.7. The summed E-state index contributed by atoms with van der Waals surface area (Å²) >= 11 is 1.62. The zero-order valence-electron chi connectivity index (χ0n) is 9.40. The van der Waals surface area contributed by atoms with Crippen LogP contribution in [-0.2, 0) is 6.42 Å². The van der Waals surface area contributed by atoms with Gasteiger partial charge in [0.05, 0.1) is 5.69 Å². The van der Waals surface area contributed by atoms with Crippen molar-refractivity contribution in [2.24, 2.45) is 0 Å². The van der Waals surface area contributed by atoms with Crippen LogP contribution in [0, 0.1) is 0 Å². The second kappa shape index (κ2) is 4.25. The van der Waals surface area contributed by atoms with E-state index < -0.39 is 0 Å². The number of nitrogens with one attached hydrogen (secondary N) is 1. The number of rotatable bonds is 3. The first-order valence-electron chi connectivity index (χ1n) is 5.36. The van der Waals surface area contributed by atoms with Crippen molar-refractivity contribution in [2.45, 2.75) is 6.42 Å². The molecule has 0 bridgehead atoms. The summed E-state index contributed by atoms with van der Waals surface area (Å²) in [6, 6.07) is 6.01. The summed E-state index contributed by atoms with van der Waals surface area (Å²) in [5.74, 6) is 1.65. The predicted octanol–water partition coefficient (Wildman–Crippen LogP) is 2.50. The second-order valence-electron chi connectivity index (χ2n) is 3.76. The molecule has 2 heterocycles. The minimum absolute atomic E-state index is 0.319. The lowest BCUT2D eigenvalue weighted by Crippen LogP contribution is -1.93. The molecule has 1 aliphatic rings. The Balaban J connectivity index is 1.80. The van der Waals surface area contributed by atoms with Crippen LogP contribution in [0.3, 0.4) is 0 Å². The molecule has 88 valence electrons. The molecule has 0 saturated heterocycles. The Morgan fingerprint density at radius 1 is 1.35 bits per heavy atom. The van der Waals surface area contributed by atoms with Crippen LogP contribution in [-0.4, -0.2) is 18.8 Å². The highest BCUT2D eigenvalue weighted by molar-refractivity contribution is 7.13. The van der Waals surface area contributed by atoms with Crippen molar-refractivity contribution in [3.05, 3.63) is 34.8 Å². The number of ether oxygens (including phenoxy) is 2. The molecule has 2 aromatic rings. The number of anilines is 1. The van der Waals surface area contributed by atoms with Crippen LogP contribution in [0.25, 0.3) is 0 Å². The van der Waals surface area contributed by atoms with Crippen LogP contribution in [0.2, 0.25) is 0 Å². The summed E-state index contributed by atoms with van der Waals surface area (Å²) in [7, 11) is 1.88. The summed E-state index contributed by atoms with van der Waals surface area (Å²) < 4.78 is 10.6. The van der Waals surface area contributed by atoms with Crippen molar-refractivity contribution in [1.82, 2.24) is 4.98 Å². The molecule has 0 fully saturated rings. The number of hydrogen-bond donors (Lipinski definition) is 1. The Labute approximate surface area is 103 Å². The van der Waals surface area contributed by atoms with Gasteiger partial charge in [-0.3, -0.25) is 0 Å². The monoisotopic (exact) mass is 248 g/mol. The molecule has 17 heavy (non-hydrogen) atoms. The first kappa shape index (κ1) is 10.4. The number of benzene rings is 1. The Morgan fingerprint density at radius 2 is 2.24 bits per heavy atom. The average molecular weight is 248 g/mol. The predicted molar refractivity (Wildman–Crippen MR) is 67.0 cm³/mol. The van der Waals surface area contributed by atoms with Gasteiger partial charge >= 0.3 is 0 Å². The van der Waals surface area contributed by atoms with Gasteiger partial charge < -0.3 is 14.8 Å². The van der Waals surface area contributed by atoms with E-state index in [-0.39, 0.29) is 0 Å². The Morgan fingerprint density at radius 3 is 3.06 bits per heavy atom. The van der Waals surface area contributed by atoms with Crippen molar-refractivity contribution < 1.29 is 9.47 Å². The van der Waals surface area contributed by atoms with Crippen molar-refractivity contribution in [3.63, 3.8) is 0 Å². The van der Waals surface area contributed by atoms with E-state index in [0.29, 0.717) is 6.79 Å². The summed E-state index contributed by atoms with van der Waals surface area (Å²) in [6.45, 7) is 0.319. The Bertz CT molecular complexity index is 539. The number of aromatic nitrogens is 1. The summed E-state index contributed by atoms with van der Waals surface area (Å²) in [6.07, 6.45) is 0.814. The lowest BCUT2D eigenvalue weighted by Gasteiger charge is -2.00. The maximum absolute atomic E-state index is 5.35. The number of hydrogen-bond acceptors (Lipinski definition) is 5. The molecule has 0 amide bonds. The molecule has 1 aromatic carbocycles. The lowest BCUT2D eigenvalue weighted by atomic mass is 10.1. The largest absolute Gasteiger partial charge is 0.454 e. The molecule has 1 N–H and O–H groups in total. The number of nitrogens with zero attached hydrogens (tertiary/aromatic N) is 1. The number of thiazole rings is 1. The van der Waals surface area contributed by atoms with Crippen molar-refractivity contribution in [3.8, 4) is 11.5 Å². The molecular weight excluding hydrogens is 236 g/mol. The van der Waals surface area contributed by atoms with E-state index in [0.717, 1.165) is 28.7 Å². The molecular formula is C12H12N2O2S. The van der Waals surface area contributed by atoms with Gasteiger partial charge in [-0.1, -0.05) is 6.07 Å². The Kier molecular flexibility index (Phi) is 2.60. The highest BCUT2D eigenvalue weighted by Gasteiger charge is 2.13. The van der Waals surface area contributed by atoms with Crippen LogP contribution in [0.4, 0.5) is 5.13 Å². The van der Waals surface area contributed by atoms with E-state index in [2.05, 4.69) is 15.7 Å². The summed E-state index contributed by atoms with van der Waals surface area (Å²) in [5, 5.41) is 6.05. The fourth-order valence-electron chi connectivity index (χ4n) is 1.76. The van der Waals surface area contributed by atoms with Crippen molar-refractivity contribution in [2.75, 3.05) is 19.2 Å². The topological polar surface area (TPSA) is 43.4 Å². The molecule has 0 unspecified atom stereocenters. The van der Waals surface area contributed by atoms with Gasteiger partial charge in [0.25, 0.3) is 0 Å². The first-order valence-corrected chi connectivity index (χ1v) is 6.24. The van der Waals surface area contributed by atoms with Crippen LogP contribution < -0.4 is 14.8 Å². The smallest absolute Gasteiger partial charge is 0.231 e. The highest BCUT2D eigenvalue weighted by Crippen LogP contribution is 2.33. The fourth-order valence-corrected chi connectivity index (χ4v) is 2.43. The van der Waals surface area contributed by atoms with Crippen LogP contribution in [0.5, 0.6) is 11.5 Å². The lowest BCUT2D eigenvalue weighted by molar-refractivity contribution is 0.174. The maximum Gasteiger partial charge on any atom is 0.231 e. The third-order valence-electron chi connectivity index (χ3n) is 2.59. The molecule has 4 nitrogen and oxygen atoms in total. The molecule has 1 aromatic heterocycles. The van der Waals surface area contributed by atoms with Gasteiger partial charge in [-0.05, 0) is 17.7 Å². The molecule has 0 atom stereocenters. The second-order valence-corrected chi connectivity index (χ2v) is 4.62. The molecule has 3 rings (SSSR count). The third kappa shape index (κ3) is 2.06. The van der Waals surface area contributed by atoms with E-state index in [4.69, 9.17) is 9.47 Å². The standard InChI is InChI=1S/C12H12N2O2S/c1-13-12-14-9(6-17-12)4-8-2-3-10-11(5-8)16-7-15-10/h2-3,5-6H,4,7H2,1H3,(H,13,14). The van der Waals surface area contributed by atoms with E-state index in [1.165, 1.54) is 5.56 Å². The molecule has 0 spiro atoms. The first-order chi connectivity index (χ1) is 8.35. The quantitative estimate of drug-likeness (QED) is 0.906. The van der Waals surface area contributed by atoms with E-state index in [1.807, 2.05) is 25.2 Å². The van der Waals surface area contributed by atoms with Crippen molar-refractivity contribution in [1.29, 1.82) is 0 Å². The SMILES string of the molecule is CNc1nc(Cc2ccc3c(c2)OCO3)cs1. The fraction of sp³-hybridized carbons (Fsp3) is 0.250. The van der Waals surface area contributed by atoms with Gasteiger partial charge in [-0.2, -0.15) is 0 Å². The highest BCUT2D eigenvalue weighted by atomic mass is 32.1. The van der Waals surface area contributed by atoms with Crippen LogP contribution in [0.1, 0.15) is 11.3 Å². The molecule has 0 radical (unpaired) electrons. The van der Waals surface area contributed by atoms with Gasteiger partial charge in [-0.15, -0.1) is 11.3 Å². The third-order valence-corrected chi connectivity index (χ3v) is 3.50. The minimum Gasteiger partial charge on any atom is -0.454 e. The minimum atomic E-state index is 0.319. The van der Waals surface area contributed by atoms with E-state index in [9.17, 15) is 0 Å². The van der Waals surface area contributed by atoms with Gasteiger partial charge in [0.15, 0.2) is 16.6 Å². The van der Waals surface area contributed by atoms with Crippen LogP contribution in [0.15, 0.2) is 23.6 Å². The van der Waals surface area contributed by atoms with E-state index in [1.54, 1.807) is 11.3 Å². The van der Waals surface area contributed by atoms with Gasteiger partial charge in [0, 0.05) is 18.8 Å². The molecule has 5 heteroatoms. The van der Waals surface area contributed by atoms with Gasteiger partial charge in [-0.25, -0.2) is 4.98 Å². The number of fused-ring (bicyclic) bond motifs is 1. The molecule has 0 saturated carbocycles. The zero-order valence-corrected chi connectivity index (χ0v) is 10.2. The Hall–Kier alpha value is -1.75. The molecule has 1 aliphatic heterocycles. The maximum atomic E-state index is 5.35. The average Bonchev–Trinajstić information content (AvgIpc) is 2.96. The van der Waals surface area contributed by atoms with Gasteiger partial charge in [0.2, 0.25) is 6.79 Å². The summed E-state index contributed by atoms with van der Waals surface area (Å²) in [4.78, 5) is 4.45. The van der Waals surface area contributed by atoms with Gasteiger partial charge in [0.1, 0.15) is 0 Å². The normalized spacial score (nSPS) is 12.8. The van der Waals surface area contributed by atoms with Crippen molar-refractivity contribution >= 4 is 16.5 Å².